The molecule has 0 amide bonds. The van der Waals surface area contributed by atoms with E-state index in [0.29, 0.717) is 0 Å². The molecule has 1 aromatic heterocycles. The second kappa shape index (κ2) is 7.10. The minimum Gasteiger partial charge on any atom is -0.328 e. The van der Waals surface area contributed by atoms with Crippen LogP contribution >= 0.6 is 11.8 Å². The minimum atomic E-state index is 0.177. The van der Waals surface area contributed by atoms with Crippen LogP contribution in [0, 0.1) is 0 Å². The van der Waals surface area contributed by atoms with Gasteiger partial charge < -0.3 is 5.73 Å². The maximum absolute atomic E-state index is 5.76. The number of aromatic nitrogens is 2. The first-order chi connectivity index (χ1) is 8.74. The molecule has 2 rings (SSSR count). The van der Waals surface area contributed by atoms with Gasteiger partial charge in [0.05, 0.1) is 5.75 Å². The summed E-state index contributed by atoms with van der Waals surface area (Å²) in [5.41, 5.74) is 6.89. The second-order valence-electron chi connectivity index (χ2n) is 5.26. The average molecular weight is 265 g/mol. The first-order valence-electron chi connectivity index (χ1n) is 6.91. The molecule has 0 saturated heterocycles. The lowest BCUT2D eigenvalue weighted by Crippen LogP contribution is -2.18. The molecule has 1 heterocycles. The first-order valence-corrected chi connectivity index (χ1v) is 7.96. The quantitative estimate of drug-likeness (QED) is 0.889. The zero-order valence-electron chi connectivity index (χ0n) is 11.1. The molecule has 1 aliphatic rings. The molecule has 1 aromatic rings. The van der Waals surface area contributed by atoms with Crippen molar-refractivity contribution in [2.75, 3.05) is 0 Å². The zero-order valence-corrected chi connectivity index (χ0v) is 12.0. The van der Waals surface area contributed by atoms with E-state index in [1.165, 1.54) is 32.1 Å². The van der Waals surface area contributed by atoms with Crippen molar-refractivity contribution < 1.29 is 0 Å². The summed E-state index contributed by atoms with van der Waals surface area (Å²) < 4.78 is 0. The average Bonchev–Trinajstić information content (AvgIpc) is 2.38. The van der Waals surface area contributed by atoms with Gasteiger partial charge in [-0.15, -0.1) is 0 Å². The van der Waals surface area contributed by atoms with Crippen molar-refractivity contribution in [2.24, 2.45) is 5.73 Å². The van der Waals surface area contributed by atoms with Crippen molar-refractivity contribution in [3.8, 4) is 0 Å². The molecule has 3 nitrogen and oxygen atoms in total. The van der Waals surface area contributed by atoms with Gasteiger partial charge in [-0.05, 0) is 31.7 Å². The van der Waals surface area contributed by atoms with Gasteiger partial charge in [-0.2, -0.15) is 11.8 Å². The highest BCUT2D eigenvalue weighted by atomic mass is 32.2. The molecule has 2 N–H and O–H groups in total. The molecular formula is C14H23N3S. The highest BCUT2D eigenvalue weighted by Gasteiger charge is 2.14. The van der Waals surface area contributed by atoms with Crippen LogP contribution < -0.4 is 5.73 Å². The third-order valence-electron chi connectivity index (χ3n) is 3.32. The van der Waals surface area contributed by atoms with Crippen molar-refractivity contribution >= 4 is 11.8 Å². The van der Waals surface area contributed by atoms with Crippen LogP contribution in [0.25, 0.3) is 0 Å². The summed E-state index contributed by atoms with van der Waals surface area (Å²) in [7, 11) is 0. The molecular weight excluding hydrogens is 242 g/mol. The number of nitrogens with two attached hydrogens (primary N) is 1. The Labute approximate surface area is 114 Å². The van der Waals surface area contributed by atoms with E-state index >= 15 is 0 Å². The van der Waals surface area contributed by atoms with Gasteiger partial charge in [-0.3, -0.25) is 0 Å². The molecule has 100 valence electrons. The maximum Gasteiger partial charge on any atom is 0.138 e. The van der Waals surface area contributed by atoms with Crippen LogP contribution in [0.3, 0.4) is 0 Å². The van der Waals surface area contributed by atoms with E-state index in [2.05, 4.69) is 9.97 Å². The van der Waals surface area contributed by atoms with E-state index in [-0.39, 0.29) is 6.04 Å². The first kappa shape index (κ1) is 13.8. The van der Waals surface area contributed by atoms with Gasteiger partial charge in [0.1, 0.15) is 5.82 Å². The Kier molecular flexibility index (Phi) is 5.45. The molecule has 0 aliphatic heterocycles. The van der Waals surface area contributed by atoms with Crippen molar-refractivity contribution in [2.45, 2.75) is 62.5 Å². The van der Waals surface area contributed by atoms with Gasteiger partial charge in [0.25, 0.3) is 0 Å². The zero-order chi connectivity index (χ0) is 12.8. The molecule has 0 radical (unpaired) electrons. The molecule has 0 aromatic carbocycles. The molecule has 1 aliphatic carbocycles. The molecule has 4 heteroatoms. The fourth-order valence-corrected chi connectivity index (χ4v) is 3.56. The van der Waals surface area contributed by atoms with E-state index in [1.54, 1.807) is 0 Å². The number of hydrogen-bond donors (Lipinski definition) is 1. The van der Waals surface area contributed by atoms with Gasteiger partial charge in [0.15, 0.2) is 0 Å². The molecule has 0 bridgehead atoms. The van der Waals surface area contributed by atoms with Gasteiger partial charge in [-0.1, -0.05) is 19.3 Å². The summed E-state index contributed by atoms with van der Waals surface area (Å²) in [4.78, 5) is 8.86. The van der Waals surface area contributed by atoms with Gasteiger partial charge in [-0.25, -0.2) is 9.97 Å². The molecule has 18 heavy (non-hydrogen) atoms. The third-order valence-corrected chi connectivity index (χ3v) is 4.68. The SMILES string of the molecule is CC(N)Cc1cnc(CSC2CCCCC2)nc1. The van der Waals surface area contributed by atoms with Crippen LogP contribution in [0.5, 0.6) is 0 Å². The van der Waals surface area contributed by atoms with Crippen LogP contribution in [-0.4, -0.2) is 21.3 Å². The monoisotopic (exact) mass is 265 g/mol. The fraction of sp³-hybridized carbons (Fsp3) is 0.714. The summed E-state index contributed by atoms with van der Waals surface area (Å²) in [6, 6.07) is 0.177. The predicted molar refractivity (Wildman–Crippen MR) is 77.6 cm³/mol. The Morgan fingerprint density at radius 2 is 1.94 bits per heavy atom. The number of thioether (sulfide) groups is 1. The van der Waals surface area contributed by atoms with E-state index in [4.69, 9.17) is 5.73 Å². The third kappa shape index (κ3) is 4.58. The lowest BCUT2D eigenvalue weighted by molar-refractivity contribution is 0.516. The van der Waals surface area contributed by atoms with Gasteiger partial charge in [0.2, 0.25) is 0 Å². The van der Waals surface area contributed by atoms with E-state index in [0.717, 1.165) is 28.8 Å². The van der Waals surface area contributed by atoms with Crippen molar-refractivity contribution in [1.82, 2.24) is 9.97 Å². The number of rotatable bonds is 5. The topological polar surface area (TPSA) is 51.8 Å². The summed E-state index contributed by atoms with van der Waals surface area (Å²) in [6.07, 6.45) is 11.6. The largest absolute Gasteiger partial charge is 0.328 e. The van der Waals surface area contributed by atoms with Crippen LogP contribution in [0.4, 0.5) is 0 Å². The molecule has 1 saturated carbocycles. The van der Waals surface area contributed by atoms with Gasteiger partial charge >= 0.3 is 0 Å². The molecule has 1 unspecified atom stereocenters. The summed E-state index contributed by atoms with van der Waals surface area (Å²) in [5.74, 6) is 1.90. The Balaban J connectivity index is 1.78. The Morgan fingerprint density at radius 1 is 1.28 bits per heavy atom. The molecule has 0 spiro atoms. The summed E-state index contributed by atoms with van der Waals surface area (Å²) in [5, 5.41) is 0.825. The standard InChI is InChI=1S/C14H23N3S/c1-11(15)7-12-8-16-14(17-9-12)10-18-13-5-3-2-4-6-13/h8-9,11,13H,2-7,10,15H2,1H3. The van der Waals surface area contributed by atoms with E-state index in [9.17, 15) is 0 Å². The Hall–Kier alpha value is -0.610. The minimum absolute atomic E-state index is 0.177. The van der Waals surface area contributed by atoms with Crippen molar-refractivity contribution in [1.29, 1.82) is 0 Å². The Morgan fingerprint density at radius 3 is 2.56 bits per heavy atom. The van der Waals surface area contributed by atoms with Crippen LogP contribution in [-0.2, 0) is 12.2 Å². The normalized spacial score (nSPS) is 18.8. The van der Waals surface area contributed by atoms with E-state index < -0.39 is 0 Å². The van der Waals surface area contributed by atoms with Crippen LogP contribution in [0.2, 0.25) is 0 Å². The predicted octanol–water partition coefficient (Wildman–Crippen LogP) is 2.93. The van der Waals surface area contributed by atoms with Crippen LogP contribution in [0.1, 0.15) is 50.4 Å². The van der Waals surface area contributed by atoms with Gasteiger partial charge in [0, 0.05) is 23.7 Å². The highest BCUT2D eigenvalue weighted by Crippen LogP contribution is 2.29. The van der Waals surface area contributed by atoms with Crippen molar-refractivity contribution in [3.63, 3.8) is 0 Å². The highest BCUT2D eigenvalue weighted by molar-refractivity contribution is 7.99. The second-order valence-corrected chi connectivity index (χ2v) is 6.55. The van der Waals surface area contributed by atoms with E-state index in [1.807, 2.05) is 31.1 Å². The molecule has 1 atom stereocenters. The smallest absolute Gasteiger partial charge is 0.138 e. The number of nitrogens with zero attached hydrogens (tertiary/aromatic N) is 2. The van der Waals surface area contributed by atoms with Crippen molar-refractivity contribution in [3.05, 3.63) is 23.8 Å². The Bertz CT molecular complexity index is 345. The summed E-state index contributed by atoms with van der Waals surface area (Å²) in [6.45, 7) is 2.01. The number of hydrogen-bond acceptors (Lipinski definition) is 4. The summed E-state index contributed by atoms with van der Waals surface area (Å²) >= 11 is 2.02. The lowest BCUT2D eigenvalue weighted by atomic mass is 10.0. The fourth-order valence-electron chi connectivity index (χ4n) is 2.36. The lowest BCUT2D eigenvalue weighted by Gasteiger charge is -2.20. The maximum atomic E-state index is 5.76. The van der Waals surface area contributed by atoms with Crippen LogP contribution in [0.15, 0.2) is 12.4 Å². The molecule has 1 fully saturated rings.